The Kier molecular flexibility index (Phi) is 20.4. The zero-order valence-electron chi connectivity index (χ0n) is 18.9. The fraction of sp³-hybridized carbons (Fsp3) is 0.840. The van der Waals surface area contributed by atoms with Crippen LogP contribution in [0.15, 0.2) is 11.6 Å². The molecule has 0 amide bonds. The monoisotopic (exact) mass is 410 g/mol. The van der Waals surface area contributed by atoms with Gasteiger partial charge in [0.1, 0.15) is 0 Å². The van der Waals surface area contributed by atoms with Gasteiger partial charge in [-0.2, -0.15) is 0 Å². The van der Waals surface area contributed by atoms with Crippen molar-refractivity contribution >= 4 is 11.9 Å². The Morgan fingerprint density at radius 1 is 0.552 bits per heavy atom. The predicted octanol–water partition coefficient (Wildman–Crippen LogP) is 7.90. The minimum atomic E-state index is -1.18. The highest BCUT2D eigenvalue weighted by Crippen LogP contribution is 2.15. The molecule has 0 unspecified atom stereocenters. The first-order valence-corrected chi connectivity index (χ1v) is 12.2. The van der Waals surface area contributed by atoms with E-state index in [9.17, 15) is 9.59 Å². The number of carboxylic acid groups (broad SMARTS) is 2. The Morgan fingerprint density at radius 2 is 0.862 bits per heavy atom. The molecule has 0 aromatic carbocycles. The van der Waals surface area contributed by atoms with Crippen LogP contribution in [-0.4, -0.2) is 22.2 Å². The van der Waals surface area contributed by atoms with Crippen LogP contribution in [0.2, 0.25) is 0 Å². The largest absolute Gasteiger partial charge is 0.478 e. The molecule has 0 saturated carbocycles. The van der Waals surface area contributed by atoms with Crippen molar-refractivity contribution in [1.82, 2.24) is 0 Å². The summed E-state index contributed by atoms with van der Waals surface area (Å²) >= 11 is 0. The van der Waals surface area contributed by atoms with E-state index in [0.717, 1.165) is 25.3 Å². The lowest BCUT2D eigenvalue weighted by Crippen LogP contribution is -2.04. The molecule has 0 atom stereocenters. The van der Waals surface area contributed by atoms with Gasteiger partial charge >= 0.3 is 11.9 Å². The van der Waals surface area contributed by atoms with Gasteiger partial charge < -0.3 is 10.2 Å². The quantitative estimate of drug-likeness (QED) is 0.140. The SMILES string of the molecule is CCCCCCCCCCCCCCCCCCCCC/C(=C/C(=O)O)C(=O)O. The van der Waals surface area contributed by atoms with E-state index >= 15 is 0 Å². The van der Waals surface area contributed by atoms with Crippen molar-refractivity contribution in [3.8, 4) is 0 Å². The standard InChI is InChI=1S/C25H46O4/c1-2-3-4-5-6-7-8-9-10-11-12-13-14-15-16-17-18-19-20-21-23(25(28)29)22-24(26)27/h22H,2-21H2,1H3,(H,26,27)(H,28,29)/b23-22-. The van der Waals surface area contributed by atoms with Gasteiger partial charge in [-0.05, 0) is 12.8 Å². The molecule has 0 aromatic heterocycles. The summed E-state index contributed by atoms with van der Waals surface area (Å²) in [5.74, 6) is -2.30. The number of unbranched alkanes of at least 4 members (excludes halogenated alkanes) is 18. The molecule has 170 valence electrons. The number of hydrogen-bond donors (Lipinski definition) is 2. The van der Waals surface area contributed by atoms with Gasteiger partial charge in [-0.15, -0.1) is 0 Å². The maximum absolute atomic E-state index is 10.9. The second kappa shape index (κ2) is 21.4. The average Bonchev–Trinajstić information content (AvgIpc) is 2.68. The summed E-state index contributed by atoms with van der Waals surface area (Å²) in [4.78, 5) is 21.5. The van der Waals surface area contributed by atoms with Crippen molar-refractivity contribution in [2.75, 3.05) is 0 Å². The minimum Gasteiger partial charge on any atom is -0.478 e. The van der Waals surface area contributed by atoms with Crippen LogP contribution in [0.5, 0.6) is 0 Å². The summed E-state index contributed by atoms with van der Waals surface area (Å²) in [6.07, 6.45) is 25.9. The number of aliphatic carboxylic acids is 2. The van der Waals surface area contributed by atoms with Crippen LogP contribution < -0.4 is 0 Å². The number of carbonyl (C=O) groups is 2. The Balaban J connectivity index is 3.26. The van der Waals surface area contributed by atoms with Gasteiger partial charge in [-0.1, -0.05) is 122 Å². The Labute approximate surface area is 179 Å². The molecule has 0 saturated heterocycles. The maximum Gasteiger partial charge on any atom is 0.331 e. The summed E-state index contributed by atoms with van der Waals surface area (Å²) < 4.78 is 0. The molecule has 2 N–H and O–H groups in total. The van der Waals surface area contributed by atoms with Crippen molar-refractivity contribution in [2.45, 2.75) is 135 Å². The lowest BCUT2D eigenvalue weighted by molar-refractivity contribution is -0.135. The van der Waals surface area contributed by atoms with E-state index in [1.54, 1.807) is 0 Å². The lowest BCUT2D eigenvalue weighted by Gasteiger charge is -2.04. The predicted molar refractivity (Wildman–Crippen MR) is 121 cm³/mol. The van der Waals surface area contributed by atoms with Gasteiger partial charge in [0, 0.05) is 11.6 Å². The minimum absolute atomic E-state index is 0.00414. The van der Waals surface area contributed by atoms with E-state index in [-0.39, 0.29) is 5.57 Å². The molecule has 0 aliphatic rings. The summed E-state index contributed by atoms with van der Waals surface area (Å²) in [6.45, 7) is 2.27. The molecule has 0 bridgehead atoms. The van der Waals surface area contributed by atoms with Crippen molar-refractivity contribution in [3.05, 3.63) is 11.6 Å². The van der Waals surface area contributed by atoms with Crippen molar-refractivity contribution in [2.24, 2.45) is 0 Å². The third kappa shape index (κ3) is 21.2. The highest BCUT2D eigenvalue weighted by atomic mass is 16.4. The second-order valence-corrected chi connectivity index (χ2v) is 8.43. The van der Waals surface area contributed by atoms with Gasteiger partial charge in [-0.3, -0.25) is 0 Å². The van der Waals surface area contributed by atoms with Crippen molar-refractivity contribution in [3.63, 3.8) is 0 Å². The maximum atomic E-state index is 10.9. The lowest BCUT2D eigenvalue weighted by atomic mass is 10.0. The van der Waals surface area contributed by atoms with Gasteiger partial charge in [0.2, 0.25) is 0 Å². The van der Waals surface area contributed by atoms with E-state index in [0.29, 0.717) is 6.42 Å². The number of hydrogen-bond acceptors (Lipinski definition) is 2. The first kappa shape index (κ1) is 27.7. The fourth-order valence-corrected chi connectivity index (χ4v) is 3.78. The third-order valence-corrected chi connectivity index (χ3v) is 5.62. The van der Waals surface area contributed by atoms with Crippen LogP contribution >= 0.6 is 0 Å². The first-order chi connectivity index (χ1) is 14.1. The van der Waals surface area contributed by atoms with E-state index in [1.165, 1.54) is 103 Å². The van der Waals surface area contributed by atoms with Gasteiger partial charge in [0.05, 0.1) is 0 Å². The Morgan fingerprint density at radius 3 is 1.14 bits per heavy atom. The van der Waals surface area contributed by atoms with Gasteiger partial charge in [0.25, 0.3) is 0 Å². The molecule has 0 radical (unpaired) electrons. The molecule has 0 spiro atoms. The molecular weight excluding hydrogens is 364 g/mol. The van der Waals surface area contributed by atoms with Crippen LogP contribution in [0.3, 0.4) is 0 Å². The molecule has 0 rings (SSSR count). The Bertz CT molecular complexity index is 429. The van der Waals surface area contributed by atoms with E-state index in [4.69, 9.17) is 10.2 Å². The summed E-state index contributed by atoms with van der Waals surface area (Å²) in [7, 11) is 0. The summed E-state index contributed by atoms with van der Waals surface area (Å²) in [6, 6.07) is 0. The Hall–Kier alpha value is -1.32. The highest BCUT2D eigenvalue weighted by molar-refractivity contribution is 5.94. The van der Waals surface area contributed by atoms with Gasteiger partial charge in [-0.25, -0.2) is 9.59 Å². The van der Waals surface area contributed by atoms with Crippen molar-refractivity contribution in [1.29, 1.82) is 0 Å². The average molecular weight is 411 g/mol. The van der Waals surface area contributed by atoms with E-state index in [1.807, 2.05) is 0 Å². The third-order valence-electron chi connectivity index (χ3n) is 5.62. The normalized spacial score (nSPS) is 11.7. The fourth-order valence-electron chi connectivity index (χ4n) is 3.78. The molecular formula is C25H46O4. The topological polar surface area (TPSA) is 74.6 Å². The van der Waals surface area contributed by atoms with Crippen LogP contribution in [0, 0.1) is 0 Å². The molecule has 0 fully saturated rings. The zero-order valence-corrected chi connectivity index (χ0v) is 18.9. The number of carboxylic acids is 2. The summed E-state index contributed by atoms with van der Waals surface area (Å²) in [5, 5.41) is 17.6. The summed E-state index contributed by atoms with van der Waals surface area (Å²) in [5.41, 5.74) is 0.00414. The molecule has 0 aromatic rings. The zero-order chi connectivity index (χ0) is 21.6. The van der Waals surface area contributed by atoms with Crippen LogP contribution in [0.1, 0.15) is 135 Å². The van der Waals surface area contributed by atoms with Gasteiger partial charge in [0.15, 0.2) is 0 Å². The van der Waals surface area contributed by atoms with Crippen LogP contribution in [0.25, 0.3) is 0 Å². The van der Waals surface area contributed by atoms with E-state index < -0.39 is 11.9 Å². The highest BCUT2D eigenvalue weighted by Gasteiger charge is 2.08. The van der Waals surface area contributed by atoms with E-state index in [2.05, 4.69) is 6.92 Å². The first-order valence-electron chi connectivity index (χ1n) is 12.2. The molecule has 0 aliphatic heterocycles. The van der Waals surface area contributed by atoms with Crippen molar-refractivity contribution < 1.29 is 19.8 Å². The number of rotatable bonds is 22. The van der Waals surface area contributed by atoms with Crippen LogP contribution in [-0.2, 0) is 9.59 Å². The smallest absolute Gasteiger partial charge is 0.331 e. The molecule has 4 heteroatoms. The molecule has 0 heterocycles. The molecule has 0 aliphatic carbocycles. The second-order valence-electron chi connectivity index (χ2n) is 8.43. The van der Waals surface area contributed by atoms with Crippen LogP contribution in [0.4, 0.5) is 0 Å². The molecule has 4 nitrogen and oxygen atoms in total. The molecule has 29 heavy (non-hydrogen) atoms.